The smallest absolute Gasteiger partial charge is 0.264 e. The maximum Gasteiger partial charge on any atom is 0.264 e. The average molecular weight is 536 g/mol. The Bertz CT molecular complexity index is 1280. The van der Waals surface area contributed by atoms with Crippen molar-refractivity contribution in [2.75, 3.05) is 23.9 Å². The number of benzene rings is 3. The van der Waals surface area contributed by atoms with Crippen molar-refractivity contribution in [3.63, 3.8) is 0 Å². The van der Waals surface area contributed by atoms with Gasteiger partial charge in [0.2, 0.25) is 11.8 Å². The van der Waals surface area contributed by atoms with Crippen molar-refractivity contribution in [3.8, 4) is 0 Å². The zero-order chi connectivity index (χ0) is 27.5. The lowest BCUT2D eigenvalue weighted by atomic mass is 10.1. The molecule has 0 aromatic heterocycles. The Balaban J connectivity index is 1.95. The quantitative estimate of drug-likeness (QED) is 0.351. The molecule has 1 N–H and O–H groups in total. The van der Waals surface area contributed by atoms with Gasteiger partial charge in [0.05, 0.1) is 10.6 Å². The molecule has 202 valence electrons. The van der Waals surface area contributed by atoms with E-state index in [4.69, 9.17) is 0 Å². The summed E-state index contributed by atoms with van der Waals surface area (Å²) in [6.45, 7) is 6.01. The third kappa shape index (κ3) is 7.44. The zero-order valence-corrected chi connectivity index (χ0v) is 23.2. The summed E-state index contributed by atoms with van der Waals surface area (Å²) in [5.41, 5.74) is 2.48. The normalized spacial score (nSPS) is 12.0. The first-order chi connectivity index (χ1) is 18.3. The minimum Gasteiger partial charge on any atom is -0.354 e. The lowest BCUT2D eigenvalue weighted by Gasteiger charge is -2.32. The van der Waals surface area contributed by atoms with Crippen molar-refractivity contribution in [3.05, 3.63) is 96.1 Å². The molecule has 0 unspecified atom stereocenters. The second-order valence-corrected chi connectivity index (χ2v) is 11.0. The van der Waals surface area contributed by atoms with Crippen LogP contribution < -0.4 is 9.62 Å². The van der Waals surface area contributed by atoms with E-state index >= 15 is 0 Å². The van der Waals surface area contributed by atoms with Gasteiger partial charge in [0.25, 0.3) is 10.0 Å². The number of nitrogens with zero attached hydrogens (tertiary/aromatic N) is 2. The molecule has 2 amide bonds. The molecule has 1 atom stereocenters. The molecule has 0 aliphatic rings. The largest absolute Gasteiger partial charge is 0.354 e. The van der Waals surface area contributed by atoms with Crippen molar-refractivity contribution in [1.29, 1.82) is 0 Å². The predicted octanol–water partition coefficient (Wildman–Crippen LogP) is 4.43. The van der Waals surface area contributed by atoms with Gasteiger partial charge in [-0.3, -0.25) is 13.9 Å². The molecule has 0 saturated carbocycles. The van der Waals surface area contributed by atoms with Crippen LogP contribution in [0.3, 0.4) is 0 Å². The molecule has 3 aromatic rings. The molecule has 3 aromatic carbocycles. The highest BCUT2D eigenvalue weighted by Gasteiger charge is 2.32. The summed E-state index contributed by atoms with van der Waals surface area (Å²) in [7, 11) is -4.04. The van der Waals surface area contributed by atoms with Crippen LogP contribution in [0, 0.1) is 0 Å². The minimum atomic E-state index is -4.04. The van der Waals surface area contributed by atoms with E-state index in [9.17, 15) is 18.0 Å². The van der Waals surface area contributed by atoms with E-state index in [0.29, 0.717) is 18.7 Å². The number of hydrogen-bond donors (Lipinski definition) is 1. The Morgan fingerprint density at radius 3 is 2.03 bits per heavy atom. The average Bonchev–Trinajstić information content (AvgIpc) is 2.95. The van der Waals surface area contributed by atoms with Gasteiger partial charge in [0.1, 0.15) is 12.6 Å². The molecule has 7 nitrogen and oxygen atoms in total. The number of hydrogen-bond acceptors (Lipinski definition) is 4. The number of nitrogens with one attached hydrogen (secondary N) is 1. The summed E-state index contributed by atoms with van der Waals surface area (Å²) in [6.07, 6.45) is 2.12. The molecule has 3 rings (SSSR count). The summed E-state index contributed by atoms with van der Waals surface area (Å²) in [5, 5.41) is 2.85. The van der Waals surface area contributed by atoms with E-state index in [1.165, 1.54) is 17.0 Å². The number of carbonyl (C=O) groups is 2. The summed E-state index contributed by atoms with van der Waals surface area (Å²) < 4.78 is 28.6. The second-order valence-electron chi connectivity index (χ2n) is 9.13. The van der Waals surface area contributed by atoms with Crippen molar-refractivity contribution in [2.24, 2.45) is 0 Å². The van der Waals surface area contributed by atoms with Crippen LogP contribution in [0.4, 0.5) is 5.69 Å². The van der Waals surface area contributed by atoms with E-state index in [1.807, 2.05) is 56.3 Å². The number of rotatable bonds is 13. The molecule has 0 fully saturated rings. The van der Waals surface area contributed by atoms with Crippen molar-refractivity contribution in [1.82, 2.24) is 10.2 Å². The zero-order valence-electron chi connectivity index (χ0n) is 22.3. The molecule has 0 aliphatic heterocycles. The van der Waals surface area contributed by atoms with Crippen LogP contribution in [0.5, 0.6) is 0 Å². The highest BCUT2D eigenvalue weighted by atomic mass is 32.2. The minimum absolute atomic E-state index is 0.0944. The van der Waals surface area contributed by atoms with Crippen molar-refractivity contribution in [2.45, 2.75) is 51.0 Å². The predicted molar refractivity (Wildman–Crippen MR) is 151 cm³/mol. The van der Waals surface area contributed by atoms with Crippen LogP contribution in [0.1, 0.15) is 38.3 Å². The molecule has 0 radical (unpaired) electrons. The van der Waals surface area contributed by atoms with Gasteiger partial charge >= 0.3 is 0 Å². The van der Waals surface area contributed by atoms with E-state index in [0.717, 1.165) is 28.3 Å². The number of amides is 2. The molecule has 0 saturated heterocycles. The van der Waals surface area contributed by atoms with Crippen LogP contribution in [-0.2, 0) is 32.5 Å². The summed E-state index contributed by atoms with van der Waals surface area (Å²) in [5.74, 6) is -0.711. The van der Waals surface area contributed by atoms with Crippen molar-refractivity contribution >= 4 is 27.5 Å². The van der Waals surface area contributed by atoms with Gasteiger partial charge in [0.15, 0.2) is 0 Å². The highest BCUT2D eigenvalue weighted by Crippen LogP contribution is 2.25. The van der Waals surface area contributed by atoms with Crippen LogP contribution in [-0.4, -0.2) is 50.8 Å². The number of anilines is 1. The summed E-state index contributed by atoms with van der Waals surface area (Å²) in [4.78, 5) is 28.2. The summed E-state index contributed by atoms with van der Waals surface area (Å²) in [6, 6.07) is 24.2. The highest BCUT2D eigenvalue weighted by molar-refractivity contribution is 7.92. The molecule has 0 bridgehead atoms. The molecule has 0 spiro atoms. The number of carbonyl (C=O) groups excluding carboxylic acids is 2. The van der Waals surface area contributed by atoms with Gasteiger partial charge in [-0.25, -0.2) is 8.42 Å². The first kappa shape index (κ1) is 28.9. The van der Waals surface area contributed by atoms with E-state index in [-0.39, 0.29) is 17.3 Å². The summed E-state index contributed by atoms with van der Waals surface area (Å²) >= 11 is 0. The van der Waals surface area contributed by atoms with Gasteiger partial charge in [-0.2, -0.15) is 0 Å². The van der Waals surface area contributed by atoms with Gasteiger partial charge in [0, 0.05) is 13.1 Å². The first-order valence-corrected chi connectivity index (χ1v) is 14.5. The van der Waals surface area contributed by atoms with Crippen LogP contribution in [0.25, 0.3) is 0 Å². The third-order valence-corrected chi connectivity index (χ3v) is 8.23. The second kappa shape index (κ2) is 13.8. The van der Waals surface area contributed by atoms with E-state index < -0.39 is 28.5 Å². The maximum absolute atomic E-state index is 13.8. The molecule has 38 heavy (non-hydrogen) atoms. The fraction of sp³-hybridized carbons (Fsp3) is 0.333. The third-order valence-electron chi connectivity index (χ3n) is 6.44. The Morgan fingerprint density at radius 1 is 0.842 bits per heavy atom. The first-order valence-electron chi connectivity index (χ1n) is 13.1. The maximum atomic E-state index is 13.8. The Hall–Kier alpha value is -3.65. The van der Waals surface area contributed by atoms with E-state index in [1.54, 1.807) is 37.3 Å². The lowest BCUT2D eigenvalue weighted by Crippen LogP contribution is -2.52. The molecule has 0 aliphatic carbocycles. The molecular formula is C30H37N3O4S. The number of sulfonamides is 1. The van der Waals surface area contributed by atoms with Crippen molar-refractivity contribution < 1.29 is 18.0 Å². The number of aryl methyl sites for hydroxylation is 1. The Labute approximate surface area is 226 Å². The van der Waals surface area contributed by atoms with Gasteiger partial charge < -0.3 is 10.2 Å². The SMILES string of the molecule is CCCNC(=O)[C@@H](C)N(CCc1ccccc1)C(=O)CN(c1ccc(CC)cc1)S(=O)(=O)c1ccccc1. The van der Waals surface area contributed by atoms with Gasteiger partial charge in [-0.05, 0) is 61.6 Å². The van der Waals surface area contributed by atoms with Crippen LogP contribution in [0.2, 0.25) is 0 Å². The monoisotopic (exact) mass is 535 g/mol. The Kier molecular flexibility index (Phi) is 10.5. The standard InChI is InChI=1S/C30H37N3O4S/c1-4-21-31-30(35)24(3)32(22-20-26-12-8-6-9-13-26)29(34)23-33(27-18-16-25(5-2)17-19-27)38(36,37)28-14-10-7-11-15-28/h6-19,24H,4-5,20-23H2,1-3H3,(H,31,35)/t24-/m1/s1. The van der Waals surface area contributed by atoms with Crippen LogP contribution >= 0.6 is 0 Å². The molecular weight excluding hydrogens is 498 g/mol. The van der Waals surface area contributed by atoms with Gasteiger partial charge in [-0.1, -0.05) is 74.5 Å². The topological polar surface area (TPSA) is 86.8 Å². The van der Waals surface area contributed by atoms with E-state index in [2.05, 4.69) is 5.32 Å². The molecule has 8 heteroatoms. The van der Waals surface area contributed by atoms with Gasteiger partial charge in [-0.15, -0.1) is 0 Å². The fourth-order valence-corrected chi connectivity index (χ4v) is 5.55. The fourth-order valence-electron chi connectivity index (χ4n) is 4.11. The van der Waals surface area contributed by atoms with Crippen LogP contribution in [0.15, 0.2) is 89.8 Å². The lowest BCUT2D eigenvalue weighted by molar-refractivity contribution is -0.138. The molecule has 0 heterocycles. The Morgan fingerprint density at radius 2 is 1.45 bits per heavy atom.